The SMILES string of the molecule is CCOC(=O)Cn1c(=O)c2ccccc2c2ccccc21. The second-order valence-electron chi connectivity index (χ2n) is 4.76. The predicted molar refractivity (Wildman–Crippen MR) is 82.3 cm³/mol. The molecular formula is C17H15NO3. The summed E-state index contributed by atoms with van der Waals surface area (Å²) in [5.41, 5.74) is 0.576. The molecule has 0 N–H and O–H groups in total. The summed E-state index contributed by atoms with van der Waals surface area (Å²) >= 11 is 0. The third-order valence-corrected chi connectivity index (χ3v) is 3.48. The van der Waals surface area contributed by atoms with E-state index in [1.807, 2.05) is 42.5 Å². The van der Waals surface area contributed by atoms with E-state index in [1.54, 1.807) is 13.0 Å². The van der Waals surface area contributed by atoms with E-state index in [0.717, 1.165) is 16.3 Å². The molecular weight excluding hydrogens is 266 g/mol. The molecule has 0 bridgehead atoms. The summed E-state index contributed by atoms with van der Waals surface area (Å²) in [6.07, 6.45) is 0. The Kier molecular flexibility index (Phi) is 3.44. The Morgan fingerprint density at radius 3 is 2.33 bits per heavy atom. The highest BCUT2D eigenvalue weighted by Gasteiger charge is 2.13. The van der Waals surface area contributed by atoms with Gasteiger partial charge in [0.2, 0.25) is 0 Å². The third-order valence-electron chi connectivity index (χ3n) is 3.48. The molecule has 0 saturated carbocycles. The van der Waals surface area contributed by atoms with Crippen molar-refractivity contribution in [2.45, 2.75) is 13.5 Å². The summed E-state index contributed by atoms with van der Waals surface area (Å²) in [6, 6.07) is 15.0. The van der Waals surface area contributed by atoms with Gasteiger partial charge < -0.3 is 4.74 Å². The van der Waals surface area contributed by atoms with Gasteiger partial charge in [0.05, 0.1) is 12.1 Å². The molecule has 0 aliphatic heterocycles. The summed E-state index contributed by atoms with van der Waals surface area (Å²) in [4.78, 5) is 24.4. The monoisotopic (exact) mass is 281 g/mol. The highest BCUT2D eigenvalue weighted by atomic mass is 16.5. The second-order valence-corrected chi connectivity index (χ2v) is 4.76. The van der Waals surface area contributed by atoms with Crippen LogP contribution < -0.4 is 5.56 Å². The van der Waals surface area contributed by atoms with E-state index in [9.17, 15) is 9.59 Å². The van der Waals surface area contributed by atoms with Crippen molar-refractivity contribution in [2.75, 3.05) is 6.61 Å². The van der Waals surface area contributed by atoms with Crippen molar-refractivity contribution in [3.8, 4) is 0 Å². The molecule has 0 fully saturated rings. The lowest BCUT2D eigenvalue weighted by Crippen LogP contribution is -2.26. The van der Waals surface area contributed by atoms with E-state index < -0.39 is 5.97 Å². The standard InChI is InChI=1S/C17H15NO3/c1-2-21-16(19)11-18-15-10-6-5-8-13(15)12-7-3-4-9-14(12)17(18)20/h3-10H,2,11H2,1H3. The fourth-order valence-electron chi connectivity index (χ4n) is 2.59. The van der Waals surface area contributed by atoms with E-state index in [1.165, 1.54) is 4.57 Å². The van der Waals surface area contributed by atoms with Crippen molar-refractivity contribution < 1.29 is 9.53 Å². The minimum absolute atomic E-state index is 0.0714. The smallest absolute Gasteiger partial charge is 0.326 e. The van der Waals surface area contributed by atoms with Gasteiger partial charge in [0.25, 0.3) is 5.56 Å². The van der Waals surface area contributed by atoms with Crippen LogP contribution in [-0.4, -0.2) is 17.1 Å². The van der Waals surface area contributed by atoms with Gasteiger partial charge in [-0.15, -0.1) is 0 Å². The summed E-state index contributed by atoms with van der Waals surface area (Å²) < 4.78 is 6.44. The Hall–Kier alpha value is -2.62. The zero-order valence-corrected chi connectivity index (χ0v) is 11.7. The number of aromatic nitrogens is 1. The van der Waals surface area contributed by atoms with Gasteiger partial charge in [-0.2, -0.15) is 0 Å². The van der Waals surface area contributed by atoms with Crippen LogP contribution in [0.5, 0.6) is 0 Å². The van der Waals surface area contributed by atoms with Crippen LogP contribution in [0.25, 0.3) is 21.7 Å². The molecule has 2 aromatic carbocycles. The largest absolute Gasteiger partial charge is 0.465 e. The average Bonchev–Trinajstić information content (AvgIpc) is 2.52. The van der Waals surface area contributed by atoms with Crippen LogP contribution in [0.2, 0.25) is 0 Å². The molecule has 3 rings (SSSR count). The lowest BCUT2D eigenvalue weighted by atomic mass is 10.1. The first-order chi connectivity index (χ1) is 10.2. The van der Waals surface area contributed by atoms with Gasteiger partial charge in [-0.3, -0.25) is 14.2 Å². The molecule has 1 aromatic heterocycles. The normalized spacial score (nSPS) is 10.9. The van der Waals surface area contributed by atoms with Crippen molar-refractivity contribution in [3.63, 3.8) is 0 Å². The van der Waals surface area contributed by atoms with Gasteiger partial charge in [-0.05, 0) is 24.4 Å². The number of carbonyl (C=O) groups is 1. The molecule has 0 aliphatic carbocycles. The van der Waals surface area contributed by atoms with Crippen molar-refractivity contribution in [1.82, 2.24) is 4.57 Å². The van der Waals surface area contributed by atoms with Gasteiger partial charge in [-0.25, -0.2) is 0 Å². The van der Waals surface area contributed by atoms with Gasteiger partial charge in [-0.1, -0.05) is 36.4 Å². The van der Waals surface area contributed by atoms with E-state index in [4.69, 9.17) is 4.74 Å². The van der Waals surface area contributed by atoms with E-state index in [0.29, 0.717) is 12.0 Å². The number of nitrogens with zero attached hydrogens (tertiary/aromatic N) is 1. The highest BCUT2D eigenvalue weighted by molar-refractivity contribution is 6.05. The van der Waals surface area contributed by atoms with Crippen molar-refractivity contribution in [2.24, 2.45) is 0 Å². The maximum absolute atomic E-state index is 12.6. The van der Waals surface area contributed by atoms with Gasteiger partial charge >= 0.3 is 5.97 Å². The first-order valence-corrected chi connectivity index (χ1v) is 6.88. The molecule has 0 saturated heterocycles. The molecule has 0 amide bonds. The zero-order chi connectivity index (χ0) is 14.8. The number of ether oxygens (including phenoxy) is 1. The lowest BCUT2D eigenvalue weighted by molar-refractivity contribution is -0.143. The Bertz CT molecular complexity index is 880. The van der Waals surface area contributed by atoms with Crippen LogP contribution in [-0.2, 0) is 16.1 Å². The van der Waals surface area contributed by atoms with Gasteiger partial charge in [0.1, 0.15) is 6.54 Å². The fourth-order valence-corrected chi connectivity index (χ4v) is 2.59. The lowest BCUT2D eigenvalue weighted by Gasteiger charge is -2.12. The molecule has 3 aromatic rings. The topological polar surface area (TPSA) is 48.3 Å². The third kappa shape index (κ3) is 2.29. The van der Waals surface area contributed by atoms with Crippen LogP contribution >= 0.6 is 0 Å². The molecule has 0 unspecified atom stereocenters. The zero-order valence-electron chi connectivity index (χ0n) is 11.7. The Balaban J connectivity index is 2.33. The first-order valence-electron chi connectivity index (χ1n) is 6.88. The molecule has 0 aliphatic rings. The summed E-state index contributed by atoms with van der Waals surface area (Å²) in [7, 11) is 0. The molecule has 4 heteroatoms. The van der Waals surface area contributed by atoms with E-state index in [2.05, 4.69) is 0 Å². The molecule has 21 heavy (non-hydrogen) atoms. The molecule has 4 nitrogen and oxygen atoms in total. The number of para-hydroxylation sites is 1. The number of hydrogen-bond acceptors (Lipinski definition) is 3. The highest BCUT2D eigenvalue weighted by Crippen LogP contribution is 2.22. The number of benzene rings is 2. The van der Waals surface area contributed by atoms with Crippen LogP contribution in [0.4, 0.5) is 0 Å². The van der Waals surface area contributed by atoms with Crippen molar-refractivity contribution >= 4 is 27.6 Å². The Labute approximate surface area is 121 Å². The molecule has 1 heterocycles. The van der Waals surface area contributed by atoms with Crippen molar-refractivity contribution in [3.05, 3.63) is 58.9 Å². The second kappa shape index (κ2) is 5.40. The first kappa shape index (κ1) is 13.4. The van der Waals surface area contributed by atoms with Crippen molar-refractivity contribution in [1.29, 1.82) is 0 Å². The summed E-state index contributed by atoms with van der Waals surface area (Å²) in [6.45, 7) is 1.98. The Morgan fingerprint density at radius 2 is 1.62 bits per heavy atom. The van der Waals surface area contributed by atoms with Gasteiger partial charge in [0, 0.05) is 10.8 Å². The maximum atomic E-state index is 12.6. The quantitative estimate of drug-likeness (QED) is 0.548. The summed E-state index contributed by atoms with van der Waals surface area (Å²) in [5, 5.41) is 2.47. The predicted octanol–water partition coefficient (Wildman–Crippen LogP) is 2.72. The number of rotatable bonds is 3. The average molecular weight is 281 g/mol. The summed E-state index contributed by atoms with van der Waals surface area (Å²) in [5.74, 6) is -0.403. The van der Waals surface area contributed by atoms with Crippen LogP contribution in [0.15, 0.2) is 53.3 Å². The Morgan fingerprint density at radius 1 is 1.00 bits per heavy atom. The molecule has 0 radical (unpaired) electrons. The van der Waals surface area contributed by atoms with Crippen LogP contribution in [0.1, 0.15) is 6.92 Å². The number of esters is 1. The molecule has 0 spiro atoms. The maximum Gasteiger partial charge on any atom is 0.326 e. The van der Waals surface area contributed by atoms with E-state index in [-0.39, 0.29) is 12.1 Å². The number of carbonyl (C=O) groups excluding carboxylic acids is 1. The minimum Gasteiger partial charge on any atom is -0.465 e. The van der Waals surface area contributed by atoms with Gasteiger partial charge in [0.15, 0.2) is 0 Å². The number of pyridine rings is 1. The molecule has 106 valence electrons. The fraction of sp³-hybridized carbons (Fsp3) is 0.176. The van der Waals surface area contributed by atoms with Crippen LogP contribution in [0.3, 0.4) is 0 Å². The molecule has 0 atom stereocenters. The van der Waals surface area contributed by atoms with E-state index >= 15 is 0 Å². The number of hydrogen-bond donors (Lipinski definition) is 0. The van der Waals surface area contributed by atoms with Crippen LogP contribution in [0, 0.1) is 0 Å². The number of fused-ring (bicyclic) bond motifs is 3. The minimum atomic E-state index is -0.403.